The van der Waals surface area contributed by atoms with Crippen molar-refractivity contribution in [2.45, 2.75) is 37.8 Å². The standard InChI is InChI=1S/C12H24N4O2/c1-17-8-6-14-12(15-13)16-7-9-18-11-5-3-2-4-10(11)16/h10-11H,2-9,13H2,1H3,(H,14,15). The Balaban J connectivity index is 2.01. The summed E-state index contributed by atoms with van der Waals surface area (Å²) >= 11 is 0. The Hall–Kier alpha value is -0.850. The Morgan fingerprint density at radius 3 is 3.11 bits per heavy atom. The summed E-state index contributed by atoms with van der Waals surface area (Å²) in [5.74, 6) is 6.37. The van der Waals surface area contributed by atoms with Gasteiger partial charge in [0.1, 0.15) is 0 Å². The van der Waals surface area contributed by atoms with Gasteiger partial charge in [-0.1, -0.05) is 12.8 Å². The summed E-state index contributed by atoms with van der Waals surface area (Å²) in [5, 5.41) is 0. The lowest BCUT2D eigenvalue weighted by Gasteiger charge is -2.44. The van der Waals surface area contributed by atoms with E-state index in [0.29, 0.717) is 25.3 Å². The first-order valence-corrected chi connectivity index (χ1v) is 6.75. The Kier molecular flexibility index (Phi) is 5.22. The molecular weight excluding hydrogens is 232 g/mol. The first kappa shape index (κ1) is 13.6. The van der Waals surface area contributed by atoms with Gasteiger partial charge in [0, 0.05) is 13.7 Å². The molecule has 104 valence electrons. The zero-order chi connectivity index (χ0) is 12.8. The molecule has 0 bridgehead atoms. The fourth-order valence-electron chi connectivity index (χ4n) is 2.82. The predicted molar refractivity (Wildman–Crippen MR) is 70.2 cm³/mol. The Morgan fingerprint density at radius 1 is 1.50 bits per heavy atom. The summed E-state index contributed by atoms with van der Waals surface area (Å²) in [5.41, 5.74) is 2.73. The molecule has 0 spiro atoms. The van der Waals surface area contributed by atoms with E-state index in [2.05, 4.69) is 15.3 Å². The minimum atomic E-state index is 0.341. The molecule has 0 aromatic heterocycles. The van der Waals surface area contributed by atoms with Crippen LogP contribution in [0.25, 0.3) is 0 Å². The molecule has 2 aliphatic rings. The zero-order valence-corrected chi connectivity index (χ0v) is 11.1. The summed E-state index contributed by atoms with van der Waals surface area (Å²) in [7, 11) is 1.68. The van der Waals surface area contributed by atoms with Gasteiger partial charge in [-0.2, -0.15) is 0 Å². The second-order valence-corrected chi connectivity index (χ2v) is 4.80. The number of aliphatic imine (C=N–C) groups is 1. The van der Waals surface area contributed by atoms with Crippen LogP contribution in [0.5, 0.6) is 0 Å². The number of methoxy groups -OCH3 is 1. The molecule has 6 heteroatoms. The molecule has 1 heterocycles. The molecule has 0 aromatic rings. The Morgan fingerprint density at radius 2 is 2.33 bits per heavy atom. The van der Waals surface area contributed by atoms with Crippen molar-refractivity contribution in [3.8, 4) is 0 Å². The molecule has 18 heavy (non-hydrogen) atoms. The van der Waals surface area contributed by atoms with Crippen LogP contribution in [0.15, 0.2) is 4.99 Å². The highest BCUT2D eigenvalue weighted by atomic mass is 16.5. The number of rotatable bonds is 3. The Bertz CT molecular complexity index is 283. The van der Waals surface area contributed by atoms with Crippen LogP contribution in [-0.4, -0.2) is 56.4 Å². The second-order valence-electron chi connectivity index (χ2n) is 4.80. The molecule has 0 aromatic carbocycles. The van der Waals surface area contributed by atoms with Gasteiger partial charge in [0.25, 0.3) is 0 Å². The largest absolute Gasteiger partial charge is 0.383 e. The molecule has 1 aliphatic carbocycles. The van der Waals surface area contributed by atoms with E-state index in [4.69, 9.17) is 15.3 Å². The van der Waals surface area contributed by atoms with Crippen molar-refractivity contribution in [1.82, 2.24) is 10.3 Å². The number of nitrogens with two attached hydrogens (primary N) is 1. The number of fused-ring (bicyclic) bond motifs is 1. The molecular formula is C12H24N4O2. The zero-order valence-electron chi connectivity index (χ0n) is 11.1. The first-order valence-electron chi connectivity index (χ1n) is 6.75. The minimum Gasteiger partial charge on any atom is -0.383 e. The monoisotopic (exact) mass is 256 g/mol. The molecule has 1 aliphatic heterocycles. The maximum Gasteiger partial charge on any atom is 0.208 e. The van der Waals surface area contributed by atoms with E-state index in [1.807, 2.05) is 0 Å². The first-order chi connectivity index (χ1) is 8.86. The summed E-state index contributed by atoms with van der Waals surface area (Å²) in [6.07, 6.45) is 5.18. The van der Waals surface area contributed by atoms with Gasteiger partial charge in [0.15, 0.2) is 0 Å². The highest BCUT2D eigenvalue weighted by Gasteiger charge is 2.35. The van der Waals surface area contributed by atoms with E-state index >= 15 is 0 Å². The lowest BCUT2D eigenvalue weighted by molar-refractivity contribution is -0.0648. The van der Waals surface area contributed by atoms with Gasteiger partial charge in [0.2, 0.25) is 5.96 Å². The van der Waals surface area contributed by atoms with Crippen LogP contribution in [0.1, 0.15) is 25.7 Å². The molecule has 3 N–H and O–H groups in total. The number of hydrazine groups is 1. The van der Waals surface area contributed by atoms with E-state index < -0.39 is 0 Å². The van der Waals surface area contributed by atoms with E-state index in [-0.39, 0.29) is 0 Å². The quantitative estimate of drug-likeness (QED) is 0.246. The second kappa shape index (κ2) is 6.92. The topological polar surface area (TPSA) is 72.1 Å². The molecule has 0 radical (unpaired) electrons. The molecule has 2 unspecified atom stereocenters. The van der Waals surface area contributed by atoms with Crippen LogP contribution in [0, 0.1) is 0 Å². The molecule has 2 fully saturated rings. The van der Waals surface area contributed by atoms with Gasteiger partial charge in [-0.15, -0.1) is 0 Å². The van der Waals surface area contributed by atoms with E-state index in [1.54, 1.807) is 7.11 Å². The van der Waals surface area contributed by atoms with Gasteiger partial charge in [-0.3, -0.25) is 5.43 Å². The Labute approximate surface area is 108 Å². The smallest absolute Gasteiger partial charge is 0.208 e. The highest BCUT2D eigenvalue weighted by Crippen LogP contribution is 2.28. The van der Waals surface area contributed by atoms with Crippen molar-refractivity contribution in [1.29, 1.82) is 0 Å². The van der Waals surface area contributed by atoms with Gasteiger partial charge < -0.3 is 14.4 Å². The molecule has 2 atom stereocenters. The summed E-state index contributed by atoms with van der Waals surface area (Å²) in [6.45, 7) is 2.86. The average Bonchev–Trinajstić information content (AvgIpc) is 2.43. The highest BCUT2D eigenvalue weighted by molar-refractivity contribution is 5.79. The molecule has 0 amide bonds. The van der Waals surface area contributed by atoms with Crippen molar-refractivity contribution in [3.63, 3.8) is 0 Å². The maximum atomic E-state index is 5.84. The summed E-state index contributed by atoms with van der Waals surface area (Å²) in [6, 6.07) is 0.421. The van der Waals surface area contributed by atoms with Gasteiger partial charge >= 0.3 is 0 Å². The number of nitrogens with zero attached hydrogens (tertiary/aromatic N) is 2. The number of morpholine rings is 1. The van der Waals surface area contributed by atoms with Crippen molar-refractivity contribution in [2.75, 3.05) is 33.4 Å². The van der Waals surface area contributed by atoms with Crippen LogP contribution >= 0.6 is 0 Å². The van der Waals surface area contributed by atoms with Gasteiger partial charge in [-0.25, -0.2) is 10.8 Å². The average molecular weight is 256 g/mol. The maximum absolute atomic E-state index is 5.84. The lowest BCUT2D eigenvalue weighted by atomic mass is 9.90. The summed E-state index contributed by atoms with van der Waals surface area (Å²) in [4.78, 5) is 6.74. The predicted octanol–water partition coefficient (Wildman–Crippen LogP) is 0.0955. The lowest BCUT2D eigenvalue weighted by Crippen LogP contribution is -2.59. The SMILES string of the molecule is COCCN=C(NN)N1CCOC2CCCCC21. The number of guanidine groups is 1. The fourth-order valence-corrected chi connectivity index (χ4v) is 2.82. The van der Waals surface area contributed by atoms with Gasteiger partial charge in [0.05, 0.1) is 31.9 Å². The van der Waals surface area contributed by atoms with E-state index in [9.17, 15) is 0 Å². The number of hydrogen-bond acceptors (Lipinski definition) is 4. The van der Waals surface area contributed by atoms with Crippen molar-refractivity contribution in [3.05, 3.63) is 0 Å². The third-order valence-corrected chi connectivity index (χ3v) is 3.69. The van der Waals surface area contributed by atoms with Crippen LogP contribution in [0.2, 0.25) is 0 Å². The fraction of sp³-hybridized carbons (Fsp3) is 0.917. The number of nitrogens with one attached hydrogen (secondary N) is 1. The van der Waals surface area contributed by atoms with Crippen LogP contribution < -0.4 is 11.3 Å². The van der Waals surface area contributed by atoms with Crippen LogP contribution in [0.4, 0.5) is 0 Å². The van der Waals surface area contributed by atoms with Crippen LogP contribution in [-0.2, 0) is 9.47 Å². The normalized spacial score (nSPS) is 29.0. The third-order valence-electron chi connectivity index (χ3n) is 3.69. The summed E-state index contributed by atoms with van der Waals surface area (Å²) < 4.78 is 10.9. The van der Waals surface area contributed by atoms with Gasteiger partial charge in [-0.05, 0) is 12.8 Å². The van der Waals surface area contributed by atoms with Crippen molar-refractivity contribution < 1.29 is 9.47 Å². The molecule has 2 rings (SSSR count). The molecule has 1 saturated heterocycles. The number of ether oxygens (including phenoxy) is 2. The van der Waals surface area contributed by atoms with E-state index in [1.165, 1.54) is 12.8 Å². The van der Waals surface area contributed by atoms with Crippen molar-refractivity contribution >= 4 is 5.96 Å². The molecule has 6 nitrogen and oxygen atoms in total. The minimum absolute atomic E-state index is 0.341. The number of hydrogen-bond donors (Lipinski definition) is 2. The molecule has 1 saturated carbocycles. The third kappa shape index (κ3) is 3.13. The van der Waals surface area contributed by atoms with E-state index in [0.717, 1.165) is 32.0 Å². The van der Waals surface area contributed by atoms with Crippen molar-refractivity contribution in [2.24, 2.45) is 10.8 Å². The van der Waals surface area contributed by atoms with Crippen LogP contribution in [0.3, 0.4) is 0 Å².